The van der Waals surface area contributed by atoms with Crippen LogP contribution in [0.3, 0.4) is 0 Å². The van der Waals surface area contributed by atoms with Crippen molar-refractivity contribution >= 4 is 35.1 Å². The van der Waals surface area contributed by atoms with Crippen LogP contribution in [-0.4, -0.2) is 56.8 Å². The summed E-state index contributed by atoms with van der Waals surface area (Å²) in [4.78, 5) is 15.7. The molecule has 1 N–H and O–H groups in total. The fourth-order valence-corrected chi connectivity index (χ4v) is 8.43. The summed E-state index contributed by atoms with van der Waals surface area (Å²) in [6.45, 7) is 6.05. The minimum Gasteiger partial charge on any atom is -0.490 e. The molecule has 7 rings (SSSR count). The highest BCUT2D eigenvalue weighted by Crippen LogP contribution is 2.47. The van der Waals surface area contributed by atoms with Gasteiger partial charge in [0, 0.05) is 47.2 Å². The molecule has 2 aromatic carbocycles. The standard InChI is InChI=1S/C32H39ClN2O4S/c1-20-17-38-30-15-29(20)37-11-12-40-34-31(36)22-5-9-28-27(14-22)35(16-23-4-7-25(23)30)18-32(19-39-28)10-2-3-21-13-24(33)6-8-26(21)32/h5-6,8-9,13-14,20,23,25,29-30H,2-4,7,10-12,15-19H2,1H3,(H,34,36)/t20-,23+,25-,29+,30+,32+/m1/s1. The summed E-state index contributed by atoms with van der Waals surface area (Å²) >= 11 is 7.85. The van der Waals surface area contributed by atoms with Crippen LogP contribution in [0, 0.1) is 17.8 Å². The third kappa shape index (κ3) is 5.01. The zero-order chi connectivity index (χ0) is 27.3. The fourth-order valence-electron chi connectivity index (χ4n) is 7.71. The zero-order valence-corrected chi connectivity index (χ0v) is 24.8. The molecule has 6 nitrogen and oxygen atoms in total. The molecule has 2 fully saturated rings. The summed E-state index contributed by atoms with van der Waals surface area (Å²) in [5.41, 5.74) is 4.29. The molecule has 1 spiro atoms. The van der Waals surface area contributed by atoms with Crippen LogP contribution in [0.15, 0.2) is 36.4 Å². The molecule has 2 aromatic rings. The van der Waals surface area contributed by atoms with Crippen molar-refractivity contribution in [3.63, 3.8) is 0 Å². The SMILES string of the molecule is C[C@@H]1CO[C@H]2C[C@@H]1OCCSNC(=O)c1ccc3c(c1)N(C[C@@H]1CC[C@H]12)C[C@@]1(CCCc2cc(Cl)ccc21)CO3. The number of hydrogen-bond donors (Lipinski definition) is 1. The minimum absolute atomic E-state index is 0.0718. The molecule has 4 bridgehead atoms. The van der Waals surface area contributed by atoms with Crippen LogP contribution in [0.5, 0.6) is 5.75 Å². The number of ether oxygens (including phenoxy) is 3. The van der Waals surface area contributed by atoms with Gasteiger partial charge in [-0.25, -0.2) is 0 Å². The molecule has 40 heavy (non-hydrogen) atoms. The lowest BCUT2D eigenvalue weighted by atomic mass is 9.67. The summed E-state index contributed by atoms with van der Waals surface area (Å²) in [7, 11) is 0. The summed E-state index contributed by atoms with van der Waals surface area (Å²) in [6.07, 6.45) is 7.08. The average Bonchev–Trinajstić information content (AvgIpc) is 3.09. The van der Waals surface area contributed by atoms with Crippen molar-refractivity contribution in [1.29, 1.82) is 0 Å². The van der Waals surface area contributed by atoms with E-state index in [0.717, 1.165) is 67.6 Å². The molecule has 6 atom stereocenters. The molecule has 1 saturated heterocycles. The highest BCUT2D eigenvalue weighted by atomic mass is 35.5. The molecular formula is C32H39ClN2O4S. The second-order valence-electron chi connectivity index (χ2n) is 12.6. The van der Waals surface area contributed by atoms with E-state index < -0.39 is 0 Å². The van der Waals surface area contributed by atoms with Gasteiger partial charge in [0.1, 0.15) is 5.75 Å². The van der Waals surface area contributed by atoms with E-state index in [2.05, 4.69) is 28.7 Å². The number of fused-ring (bicyclic) bond motifs is 7. The summed E-state index contributed by atoms with van der Waals surface area (Å²) in [6, 6.07) is 12.3. The van der Waals surface area contributed by atoms with Gasteiger partial charge in [-0.1, -0.05) is 24.6 Å². The van der Waals surface area contributed by atoms with E-state index in [1.54, 1.807) is 0 Å². The van der Waals surface area contributed by atoms with E-state index in [1.165, 1.54) is 35.9 Å². The number of amides is 1. The van der Waals surface area contributed by atoms with Gasteiger partial charge in [0.25, 0.3) is 5.91 Å². The highest BCUT2D eigenvalue weighted by molar-refractivity contribution is 7.97. The Bertz CT molecular complexity index is 1280. The maximum atomic E-state index is 13.2. The molecule has 2 aliphatic carbocycles. The number of nitrogens with zero attached hydrogens (tertiary/aromatic N) is 1. The molecule has 0 radical (unpaired) electrons. The average molecular weight is 583 g/mol. The van der Waals surface area contributed by atoms with Crippen LogP contribution in [0.2, 0.25) is 5.02 Å². The maximum absolute atomic E-state index is 13.2. The highest BCUT2D eigenvalue weighted by Gasteiger charge is 2.46. The third-order valence-electron chi connectivity index (χ3n) is 10.1. The van der Waals surface area contributed by atoms with Gasteiger partial charge < -0.3 is 19.1 Å². The molecule has 1 saturated carbocycles. The van der Waals surface area contributed by atoms with Crippen molar-refractivity contribution < 1.29 is 19.0 Å². The van der Waals surface area contributed by atoms with Crippen LogP contribution in [-0.2, 0) is 21.3 Å². The molecule has 3 heterocycles. The van der Waals surface area contributed by atoms with E-state index >= 15 is 0 Å². The van der Waals surface area contributed by atoms with Gasteiger partial charge in [0.05, 0.1) is 37.7 Å². The first-order valence-electron chi connectivity index (χ1n) is 15.0. The number of anilines is 1. The zero-order valence-electron chi connectivity index (χ0n) is 23.2. The fraction of sp³-hybridized carbons (Fsp3) is 0.594. The molecular weight excluding hydrogens is 544 g/mol. The number of rotatable bonds is 0. The second-order valence-corrected chi connectivity index (χ2v) is 13.9. The molecule has 1 amide bonds. The Balaban J connectivity index is 1.26. The van der Waals surface area contributed by atoms with Crippen molar-refractivity contribution in [3.8, 4) is 5.75 Å². The Morgan fingerprint density at radius 2 is 2.05 bits per heavy atom. The number of nitrogens with one attached hydrogen (secondary N) is 1. The molecule has 3 aliphatic heterocycles. The minimum atomic E-state index is -0.120. The first kappa shape index (κ1) is 26.9. The quantitative estimate of drug-likeness (QED) is 0.382. The summed E-state index contributed by atoms with van der Waals surface area (Å²) in [5.74, 6) is 2.98. The normalized spacial score (nSPS) is 34.0. The molecule has 0 unspecified atom stereocenters. The monoisotopic (exact) mass is 582 g/mol. The number of aryl methyl sites for hydroxylation is 1. The lowest BCUT2D eigenvalue weighted by Crippen LogP contribution is -2.51. The lowest BCUT2D eigenvalue weighted by molar-refractivity contribution is -0.139. The van der Waals surface area contributed by atoms with Gasteiger partial charge in [-0.05, 0) is 97.3 Å². The molecule has 5 aliphatic rings. The van der Waals surface area contributed by atoms with Crippen LogP contribution in [0.25, 0.3) is 0 Å². The van der Waals surface area contributed by atoms with Crippen LogP contribution >= 0.6 is 23.5 Å². The van der Waals surface area contributed by atoms with Gasteiger partial charge in [-0.2, -0.15) is 0 Å². The topological polar surface area (TPSA) is 60.0 Å². The van der Waals surface area contributed by atoms with E-state index in [-0.39, 0.29) is 23.5 Å². The Hall–Kier alpha value is -1.93. The van der Waals surface area contributed by atoms with Gasteiger partial charge in [0.2, 0.25) is 0 Å². The van der Waals surface area contributed by atoms with E-state index in [1.807, 2.05) is 24.3 Å². The van der Waals surface area contributed by atoms with E-state index in [9.17, 15) is 4.79 Å². The summed E-state index contributed by atoms with van der Waals surface area (Å²) in [5, 5.41) is 0.800. The predicted molar refractivity (Wildman–Crippen MR) is 160 cm³/mol. The molecule has 214 valence electrons. The number of carbonyl (C=O) groups excluding carboxylic acids is 1. The largest absolute Gasteiger partial charge is 0.490 e. The first-order valence-corrected chi connectivity index (χ1v) is 16.3. The van der Waals surface area contributed by atoms with Crippen molar-refractivity contribution in [3.05, 3.63) is 58.1 Å². The first-order chi connectivity index (χ1) is 19.5. The number of benzene rings is 2. The van der Waals surface area contributed by atoms with Crippen molar-refractivity contribution in [2.75, 3.05) is 43.6 Å². The molecule has 0 aromatic heterocycles. The Morgan fingerprint density at radius 1 is 1.12 bits per heavy atom. The maximum Gasteiger partial charge on any atom is 0.261 e. The summed E-state index contributed by atoms with van der Waals surface area (Å²) < 4.78 is 22.4. The second kappa shape index (κ2) is 11.0. The van der Waals surface area contributed by atoms with Gasteiger partial charge >= 0.3 is 0 Å². The van der Waals surface area contributed by atoms with Crippen molar-refractivity contribution in [1.82, 2.24) is 4.72 Å². The van der Waals surface area contributed by atoms with E-state index in [0.29, 0.717) is 36.5 Å². The van der Waals surface area contributed by atoms with Gasteiger partial charge in [0.15, 0.2) is 0 Å². The lowest BCUT2D eigenvalue weighted by Gasteiger charge is -2.48. The van der Waals surface area contributed by atoms with Crippen molar-refractivity contribution in [2.45, 2.75) is 63.1 Å². The van der Waals surface area contributed by atoms with Crippen LogP contribution in [0.1, 0.15) is 60.5 Å². The van der Waals surface area contributed by atoms with Crippen LogP contribution < -0.4 is 14.4 Å². The Labute approximate surface area is 246 Å². The van der Waals surface area contributed by atoms with E-state index in [4.69, 9.17) is 25.8 Å². The van der Waals surface area contributed by atoms with Crippen LogP contribution in [0.4, 0.5) is 5.69 Å². The van der Waals surface area contributed by atoms with Gasteiger partial charge in [-0.3, -0.25) is 9.52 Å². The number of carbonyl (C=O) groups is 1. The predicted octanol–water partition coefficient (Wildman–Crippen LogP) is 6.04. The Morgan fingerprint density at radius 3 is 2.92 bits per heavy atom. The van der Waals surface area contributed by atoms with Crippen molar-refractivity contribution in [2.24, 2.45) is 17.8 Å². The Kier molecular flexibility index (Phi) is 7.44. The number of hydrogen-bond acceptors (Lipinski definition) is 6. The smallest absolute Gasteiger partial charge is 0.261 e. The molecule has 8 heteroatoms. The van der Waals surface area contributed by atoms with Gasteiger partial charge in [-0.15, -0.1) is 0 Å². The number of halogens is 1. The third-order valence-corrected chi connectivity index (χ3v) is 11.0.